The number of nitrogens with one attached hydrogen (secondary N) is 1. The maximum atomic E-state index is 12.1. The van der Waals surface area contributed by atoms with Crippen LogP contribution in [0.4, 0.5) is 0 Å². The summed E-state index contributed by atoms with van der Waals surface area (Å²) >= 11 is 12.2. The van der Waals surface area contributed by atoms with Crippen LogP contribution in [0.3, 0.4) is 0 Å². The van der Waals surface area contributed by atoms with E-state index in [1.807, 2.05) is 12.1 Å². The summed E-state index contributed by atoms with van der Waals surface area (Å²) in [6.45, 7) is 0.579. The van der Waals surface area contributed by atoms with E-state index in [1.165, 1.54) is 12.8 Å². The van der Waals surface area contributed by atoms with Gasteiger partial charge in [0.25, 0.3) is 0 Å². The Morgan fingerprint density at radius 1 is 1.40 bits per heavy atom. The smallest absolute Gasteiger partial charge is 0.223 e. The third kappa shape index (κ3) is 2.95. The molecule has 2 fully saturated rings. The molecule has 0 bridgehead atoms. The van der Waals surface area contributed by atoms with Crippen LogP contribution in [0.2, 0.25) is 10.0 Å². The Kier molecular flexibility index (Phi) is 3.93. The Labute approximate surface area is 128 Å². The lowest BCUT2D eigenvalue weighted by molar-refractivity contribution is -0.122. The molecule has 20 heavy (non-hydrogen) atoms. The second kappa shape index (κ2) is 5.55. The molecule has 108 valence electrons. The highest BCUT2D eigenvalue weighted by Crippen LogP contribution is 2.50. The molecule has 2 aliphatic rings. The number of benzene rings is 1. The highest BCUT2D eigenvalue weighted by atomic mass is 35.5. The van der Waals surface area contributed by atoms with Crippen LogP contribution in [0.25, 0.3) is 0 Å². The largest absolute Gasteiger partial charge is 0.354 e. The highest BCUT2D eigenvalue weighted by Gasteiger charge is 2.45. The van der Waals surface area contributed by atoms with Gasteiger partial charge in [0.2, 0.25) is 5.91 Å². The number of rotatable bonds is 5. The monoisotopic (exact) mass is 312 g/mol. The predicted molar refractivity (Wildman–Crippen MR) is 81.0 cm³/mol. The van der Waals surface area contributed by atoms with Crippen molar-refractivity contribution < 1.29 is 4.79 Å². The molecule has 5 heteroatoms. The van der Waals surface area contributed by atoms with Crippen LogP contribution < -0.4 is 11.1 Å². The average Bonchev–Trinajstić information content (AvgIpc) is 3.29. The molecule has 1 aromatic rings. The van der Waals surface area contributed by atoms with E-state index >= 15 is 0 Å². The topological polar surface area (TPSA) is 55.1 Å². The molecule has 1 amide bonds. The molecule has 3 nitrogen and oxygen atoms in total. The summed E-state index contributed by atoms with van der Waals surface area (Å²) in [4.78, 5) is 12.1. The third-order valence-corrected chi connectivity index (χ3v) is 5.08. The number of hydrogen-bond donors (Lipinski definition) is 2. The first-order chi connectivity index (χ1) is 9.58. The summed E-state index contributed by atoms with van der Waals surface area (Å²) in [5, 5.41) is 4.08. The van der Waals surface area contributed by atoms with Gasteiger partial charge in [0.15, 0.2) is 0 Å². The Morgan fingerprint density at radius 3 is 2.85 bits per heavy atom. The number of amides is 1. The number of hydrogen-bond acceptors (Lipinski definition) is 2. The lowest BCUT2D eigenvalue weighted by Gasteiger charge is -2.11. The Hall–Kier alpha value is -0.770. The summed E-state index contributed by atoms with van der Waals surface area (Å²) < 4.78 is 0. The number of nitrogens with two attached hydrogens (primary N) is 1. The Morgan fingerprint density at radius 2 is 2.15 bits per heavy atom. The zero-order chi connectivity index (χ0) is 14.3. The molecule has 0 radical (unpaired) electrons. The second-order valence-electron chi connectivity index (χ2n) is 5.84. The molecule has 3 unspecified atom stereocenters. The fraction of sp³-hybridized carbons (Fsp3) is 0.533. The van der Waals surface area contributed by atoms with Crippen molar-refractivity contribution in [2.24, 2.45) is 17.6 Å². The second-order valence-corrected chi connectivity index (χ2v) is 6.62. The standard InChI is InChI=1S/C15H18Cl2N2O/c16-12-3-1-2-9(14(12)17)10-6-11(10)15(20)19-7-13(18)8-4-5-8/h1-3,8,10-11,13H,4-7,18H2,(H,19,20). The van der Waals surface area contributed by atoms with E-state index in [0.29, 0.717) is 22.5 Å². The molecule has 0 aliphatic heterocycles. The Bertz CT molecular complexity index is 531. The summed E-state index contributed by atoms with van der Waals surface area (Å²) in [6.07, 6.45) is 3.23. The fourth-order valence-corrected chi connectivity index (χ4v) is 3.12. The van der Waals surface area contributed by atoms with E-state index < -0.39 is 0 Å². The molecule has 3 rings (SSSR count). The van der Waals surface area contributed by atoms with Gasteiger partial charge in [-0.15, -0.1) is 0 Å². The van der Waals surface area contributed by atoms with Crippen molar-refractivity contribution in [3.8, 4) is 0 Å². The number of carbonyl (C=O) groups is 1. The molecular weight excluding hydrogens is 295 g/mol. The van der Waals surface area contributed by atoms with E-state index in [9.17, 15) is 4.79 Å². The van der Waals surface area contributed by atoms with Gasteiger partial charge in [-0.2, -0.15) is 0 Å². The molecular formula is C15H18Cl2N2O. The van der Waals surface area contributed by atoms with Crippen LogP contribution >= 0.6 is 23.2 Å². The minimum atomic E-state index is 0.0115. The van der Waals surface area contributed by atoms with Crippen molar-refractivity contribution in [1.82, 2.24) is 5.32 Å². The maximum absolute atomic E-state index is 12.1. The van der Waals surface area contributed by atoms with E-state index in [0.717, 1.165) is 12.0 Å². The van der Waals surface area contributed by atoms with Crippen LogP contribution in [0.1, 0.15) is 30.7 Å². The normalized spacial score (nSPS) is 26.1. The van der Waals surface area contributed by atoms with Crippen molar-refractivity contribution >= 4 is 29.1 Å². The van der Waals surface area contributed by atoms with Gasteiger partial charge in [0, 0.05) is 18.5 Å². The SMILES string of the molecule is NC(CNC(=O)C1CC1c1cccc(Cl)c1Cl)C1CC1. The lowest BCUT2D eigenvalue weighted by atomic mass is 10.1. The van der Waals surface area contributed by atoms with Crippen LogP contribution in [0.5, 0.6) is 0 Å². The van der Waals surface area contributed by atoms with Gasteiger partial charge in [0.1, 0.15) is 0 Å². The van der Waals surface area contributed by atoms with Crippen molar-refractivity contribution in [3.63, 3.8) is 0 Å². The van der Waals surface area contributed by atoms with E-state index in [-0.39, 0.29) is 23.8 Å². The summed E-state index contributed by atoms with van der Waals surface area (Å²) in [5.41, 5.74) is 6.96. The van der Waals surface area contributed by atoms with Gasteiger partial charge >= 0.3 is 0 Å². The van der Waals surface area contributed by atoms with Gasteiger partial charge < -0.3 is 11.1 Å². The molecule has 0 spiro atoms. The molecule has 2 saturated carbocycles. The molecule has 3 atom stereocenters. The van der Waals surface area contributed by atoms with Crippen molar-refractivity contribution in [2.45, 2.75) is 31.2 Å². The molecule has 2 aliphatic carbocycles. The summed E-state index contributed by atoms with van der Waals surface area (Å²) in [5.74, 6) is 0.894. The van der Waals surface area contributed by atoms with Crippen LogP contribution in [0, 0.1) is 11.8 Å². The van der Waals surface area contributed by atoms with Crippen LogP contribution in [-0.2, 0) is 4.79 Å². The first kappa shape index (κ1) is 14.2. The van der Waals surface area contributed by atoms with Gasteiger partial charge in [-0.05, 0) is 42.7 Å². The van der Waals surface area contributed by atoms with Gasteiger partial charge in [-0.1, -0.05) is 35.3 Å². The first-order valence-corrected chi connectivity index (χ1v) is 7.80. The summed E-state index contributed by atoms with van der Waals surface area (Å²) in [6, 6.07) is 5.69. The van der Waals surface area contributed by atoms with Crippen molar-refractivity contribution in [1.29, 1.82) is 0 Å². The van der Waals surface area contributed by atoms with Crippen LogP contribution in [0.15, 0.2) is 18.2 Å². The first-order valence-electron chi connectivity index (χ1n) is 7.05. The van der Waals surface area contributed by atoms with E-state index in [1.54, 1.807) is 6.07 Å². The minimum absolute atomic E-state index is 0.0115. The van der Waals surface area contributed by atoms with E-state index in [4.69, 9.17) is 28.9 Å². The number of carbonyl (C=O) groups excluding carboxylic acids is 1. The van der Waals surface area contributed by atoms with Crippen LogP contribution in [-0.4, -0.2) is 18.5 Å². The molecule has 0 heterocycles. The summed E-state index contributed by atoms with van der Waals surface area (Å²) in [7, 11) is 0. The maximum Gasteiger partial charge on any atom is 0.223 e. The number of halogens is 2. The quantitative estimate of drug-likeness (QED) is 0.878. The van der Waals surface area contributed by atoms with Crippen molar-refractivity contribution in [3.05, 3.63) is 33.8 Å². The average molecular weight is 313 g/mol. The van der Waals surface area contributed by atoms with E-state index in [2.05, 4.69) is 5.32 Å². The van der Waals surface area contributed by atoms with Gasteiger partial charge in [-0.25, -0.2) is 0 Å². The molecule has 1 aromatic carbocycles. The van der Waals surface area contributed by atoms with Gasteiger partial charge in [-0.3, -0.25) is 4.79 Å². The lowest BCUT2D eigenvalue weighted by Crippen LogP contribution is -2.39. The predicted octanol–water partition coefficient (Wildman–Crippen LogP) is 2.95. The highest BCUT2D eigenvalue weighted by molar-refractivity contribution is 6.42. The zero-order valence-electron chi connectivity index (χ0n) is 11.1. The Balaban J connectivity index is 1.55. The molecule has 0 saturated heterocycles. The minimum Gasteiger partial charge on any atom is -0.354 e. The zero-order valence-corrected chi connectivity index (χ0v) is 12.6. The molecule has 3 N–H and O–H groups in total. The van der Waals surface area contributed by atoms with Gasteiger partial charge in [0.05, 0.1) is 10.0 Å². The van der Waals surface area contributed by atoms with Crippen molar-refractivity contribution in [2.75, 3.05) is 6.54 Å². The fourth-order valence-electron chi connectivity index (χ4n) is 2.68. The third-order valence-electron chi connectivity index (χ3n) is 4.25. The molecule has 0 aromatic heterocycles.